The van der Waals surface area contributed by atoms with Crippen molar-refractivity contribution in [3.63, 3.8) is 0 Å². The zero-order valence-corrected chi connectivity index (χ0v) is 11.5. The third-order valence-corrected chi connectivity index (χ3v) is 3.81. The maximum Gasteiger partial charge on any atom is 0.00508 e. The highest BCUT2D eigenvalue weighted by atomic mass is 15.1. The lowest BCUT2D eigenvalue weighted by molar-refractivity contribution is 0.178. The first-order chi connectivity index (χ1) is 7.76. The Morgan fingerprint density at radius 3 is 2.56 bits per heavy atom. The van der Waals surface area contributed by atoms with Crippen LogP contribution in [0.15, 0.2) is 0 Å². The summed E-state index contributed by atoms with van der Waals surface area (Å²) in [7, 11) is 0. The average molecular weight is 226 g/mol. The van der Waals surface area contributed by atoms with E-state index in [9.17, 15) is 0 Å². The Hall–Kier alpha value is -0.0800. The third kappa shape index (κ3) is 5.31. The highest BCUT2D eigenvalue weighted by Gasteiger charge is 2.19. The van der Waals surface area contributed by atoms with Crippen LogP contribution in [0.4, 0.5) is 0 Å². The summed E-state index contributed by atoms with van der Waals surface area (Å²) in [6.45, 7) is 11.8. The Labute approximate surface area is 102 Å². The molecule has 1 rings (SSSR count). The van der Waals surface area contributed by atoms with Gasteiger partial charge < -0.3 is 10.2 Å². The third-order valence-electron chi connectivity index (χ3n) is 3.81. The molecule has 0 amide bonds. The van der Waals surface area contributed by atoms with Crippen molar-refractivity contribution >= 4 is 0 Å². The van der Waals surface area contributed by atoms with Crippen LogP contribution in [0.1, 0.15) is 52.9 Å². The standard InChI is InChI=1S/C14H30N2/c1-4-10-15-13(3)9-11-16(5-2)12-14-7-6-8-14/h13-15H,4-12H2,1-3H3. The van der Waals surface area contributed by atoms with E-state index < -0.39 is 0 Å². The molecule has 1 saturated carbocycles. The van der Waals surface area contributed by atoms with Gasteiger partial charge in [-0.15, -0.1) is 0 Å². The Kier molecular flexibility index (Phi) is 7.06. The molecule has 0 aliphatic heterocycles. The van der Waals surface area contributed by atoms with E-state index in [-0.39, 0.29) is 0 Å². The lowest BCUT2D eigenvalue weighted by Gasteiger charge is -2.32. The summed E-state index contributed by atoms with van der Waals surface area (Å²) in [5, 5.41) is 3.57. The Bertz CT molecular complexity index is 166. The molecule has 1 atom stereocenters. The molecular weight excluding hydrogens is 196 g/mol. The van der Waals surface area contributed by atoms with E-state index in [2.05, 4.69) is 31.0 Å². The number of nitrogens with one attached hydrogen (secondary N) is 1. The second-order valence-electron chi connectivity index (χ2n) is 5.33. The largest absolute Gasteiger partial charge is 0.314 e. The summed E-state index contributed by atoms with van der Waals surface area (Å²) in [4.78, 5) is 2.63. The van der Waals surface area contributed by atoms with Crippen LogP contribution >= 0.6 is 0 Å². The average Bonchev–Trinajstić information content (AvgIpc) is 2.24. The molecule has 0 spiro atoms. The van der Waals surface area contributed by atoms with Gasteiger partial charge in [0.05, 0.1) is 0 Å². The molecule has 0 aromatic carbocycles. The van der Waals surface area contributed by atoms with E-state index in [1.54, 1.807) is 0 Å². The van der Waals surface area contributed by atoms with Gasteiger partial charge in [-0.25, -0.2) is 0 Å². The molecule has 16 heavy (non-hydrogen) atoms. The first-order valence-electron chi connectivity index (χ1n) is 7.22. The normalized spacial score (nSPS) is 18.8. The minimum atomic E-state index is 0.676. The van der Waals surface area contributed by atoms with E-state index in [0.29, 0.717) is 6.04 Å². The maximum absolute atomic E-state index is 3.57. The number of hydrogen-bond acceptors (Lipinski definition) is 2. The molecule has 0 bridgehead atoms. The van der Waals surface area contributed by atoms with Crippen molar-refractivity contribution in [1.29, 1.82) is 0 Å². The van der Waals surface area contributed by atoms with Crippen LogP contribution in [0.2, 0.25) is 0 Å². The van der Waals surface area contributed by atoms with E-state index >= 15 is 0 Å². The van der Waals surface area contributed by atoms with E-state index in [4.69, 9.17) is 0 Å². The lowest BCUT2D eigenvalue weighted by atomic mass is 9.85. The van der Waals surface area contributed by atoms with Gasteiger partial charge in [-0.1, -0.05) is 20.3 Å². The van der Waals surface area contributed by atoms with Crippen LogP contribution in [-0.2, 0) is 0 Å². The van der Waals surface area contributed by atoms with Gasteiger partial charge in [0.1, 0.15) is 0 Å². The SMILES string of the molecule is CCCNC(C)CCN(CC)CC1CCC1. The molecule has 96 valence electrons. The van der Waals surface area contributed by atoms with Crippen LogP contribution < -0.4 is 5.32 Å². The van der Waals surface area contributed by atoms with Crippen molar-refractivity contribution in [3.8, 4) is 0 Å². The van der Waals surface area contributed by atoms with E-state index in [1.165, 1.54) is 51.7 Å². The van der Waals surface area contributed by atoms with Gasteiger partial charge in [-0.2, -0.15) is 0 Å². The molecule has 0 radical (unpaired) electrons. The Morgan fingerprint density at radius 1 is 1.31 bits per heavy atom. The molecule has 0 aromatic heterocycles. The quantitative estimate of drug-likeness (QED) is 0.650. The fourth-order valence-electron chi connectivity index (χ4n) is 2.29. The minimum absolute atomic E-state index is 0.676. The molecule has 1 fully saturated rings. The van der Waals surface area contributed by atoms with Gasteiger partial charge in [0.2, 0.25) is 0 Å². The summed E-state index contributed by atoms with van der Waals surface area (Å²) in [5.41, 5.74) is 0. The first kappa shape index (κ1) is 14.0. The van der Waals surface area contributed by atoms with Gasteiger partial charge in [0, 0.05) is 12.6 Å². The van der Waals surface area contributed by atoms with Gasteiger partial charge >= 0.3 is 0 Å². The number of rotatable bonds is 9. The van der Waals surface area contributed by atoms with Crippen molar-refractivity contribution in [2.45, 2.75) is 58.9 Å². The summed E-state index contributed by atoms with van der Waals surface area (Å²) >= 11 is 0. The minimum Gasteiger partial charge on any atom is -0.314 e. The second-order valence-corrected chi connectivity index (χ2v) is 5.33. The zero-order valence-electron chi connectivity index (χ0n) is 11.5. The van der Waals surface area contributed by atoms with Crippen molar-refractivity contribution in [2.24, 2.45) is 5.92 Å². The van der Waals surface area contributed by atoms with Gasteiger partial charge in [0.25, 0.3) is 0 Å². The molecular formula is C14H30N2. The van der Waals surface area contributed by atoms with Crippen LogP contribution in [0.3, 0.4) is 0 Å². The van der Waals surface area contributed by atoms with Crippen molar-refractivity contribution < 1.29 is 0 Å². The summed E-state index contributed by atoms with van der Waals surface area (Å²) < 4.78 is 0. The number of nitrogens with zero attached hydrogens (tertiary/aromatic N) is 1. The fourth-order valence-corrected chi connectivity index (χ4v) is 2.29. The van der Waals surface area contributed by atoms with Crippen molar-refractivity contribution in [2.75, 3.05) is 26.2 Å². The van der Waals surface area contributed by atoms with Crippen LogP contribution in [0.25, 0.3) is 0 Å². The highest BCUT2D eigenvalue weighted by Crippen LogP contribution is 2.27. The van der Waals surface area contributed by atoms with Crippen LogP contribution in [-0.4, -0.2) is 37.1 Å². The van der Waals surface area contributed by atoms with Gasteiger partial charge in [-0.05, 0) is 58.2 Å². The topological polar surface area (TPSA) is 15.3 Å². The second kappa shape index (κ2) is 8.08. The first-order valence-corrected chi connectivity index (χ1v) is 7.22. The monoisotopic (exact) mass is 226 g/mol. The predicted molar refractivity (Wildman–Crippen MR) is 71.8 cm³/mol. The molecule has 0 aromatic rings. The summed E-state index contributed by atoms with van der Waals surface area (Å²) in [6.07, 6.45) is 6.95. The molecule has 1 N–H and O–H groups in total. The van der Waals surface area contributed by atoms with E-state index in [1.807, 2.05) is 0 Å². The Balaban J connectivity index is 2.07. The Morgan fingerprint density at radius 2 is 2.06 bits per heavy atom. The zero-order chi connectivity index (χ0) is 11.8. The molecule has 2 heteroatoms. The molecule has 1 aliphatic rings. The van der Waals surface area contributed by atoms with E-state index in [0.717, 1.165) is 12.5 Å². The predicted octanol–water partition coefficient (Wildman–Crippen LogP) is 2.89. The van der Waals surface area contributed by atoms with Crippen molar-refractivity contribution in [3.05, 3.63) is 0 Å². The number of hydrogen-bond donors (Lipinski definition) is 1. The highest BCUT2D eigenvalue weighted by molar-refractivity contribution is 4.74. The fraction of sp³-hybridized carbons (Fsp3) is 1.00. The molecule has 1 aliphatic carbocycles. The smallest absolute Gasteiger partial charge is 0.00508 e. The summed E-state index contributed by atoms with van der Waals surface area (Å²) in [6, 6.07) is 0.676. The molecule has 2 nitrogen and oxygen atoms in total. The van der Waals surface area contributed by atoms with Crippen molar-refractivity contribution in [1.82, 2.24) is 10.2 Å². The van der Waals surface area contributed by atoms with Gasteiger partial charge in [-0.3, -0.25) is 0 Å². The molecule has 0 saturated heterocycles. The van der Waals surface area contributed by atoms with Gasteiger partial charge in [0.15, 0.2) is 0 Å². The van der Waals surface area contributed by atoms with Crippen LogP contribution in [0, 0.1) is 5.92 Å². The maximum atomic E-state index is 3.57. The molecule has 0 heterocycles. The molecule has 1 unspecified atom stereocenters. The summed E-state index contributed by atoms with van der Waals surface area (Å²) in [5.74, 6) is 1.01. The lowest BCUT2D eigenvalue weighted by Crippen LogP contribution is -2.36. The van der Waals surface area contributed by atoms with Crippen LogP contribution in [0.5, 0.6) is 0 Å².